The minimum atomic E-state index is -1.06. The van der Waals surface area contributed by atoms with Crippen LogP contribution in [-0.4, -0.2) is 54.4 Å². The smallest absolute Gasteiger partial charge is 0.358 e. The summed E-state index contributed by atoms with van der Waals surface area (Å²) in [6.07, 6.45) is 1.45. The Morgan fingerprint density at radius 1 is 1.53 bits per heavy atom. The number of aromatic nitrogens is 5. The molecule has 1 aliphatic rings. The zero-order valence-corrected chi connectivity index (χ0v) is 10.2. The Morgan fingerprint density at radius 3 is 2.89 bits per heavy atom. The van der Waals surface area contributed by atoms with Crippen molar-refractivity contribution in [3.63, 3.8) is 0 Å². The van der Waals surface area contributed by atoms with Gasteiger partial charge in [0.2, 0.25) is 0 Å². The third kappa shape index (κ3) is 2.19. The van der Waals surface area contributed by atoms with Gasteiger partial charge in [0, 0.05) is 19.6 Å². The van der Waals surface area contributed by atoms with Crippen LogP contribution in [0, 0.1) is 6.92 Å². The predicted molar refractivity (Wildman–Crippen MR) is 60.3 cm³/mol. The predicted octanol–water partition coefficient (Wildman–Crippen LogP) is -0.275. The van der Waals surface area contributed by atoms with Crippen LogP contribution in [0.3, 0.4) is 0 Å². The molecule has 1 saturated heterocycles. The Hall–Kier alpha value is -2.29. The molecule has 1 N–H and O–H groups in total. The van der Waals surface area contributed by atoms with Gasteiger partial charge in [-0.2, -0.15) is 0 Å². The summed E-state index contributed by atoms with van der Waals surface area (Å²) in [5.74, 6) is -1.06. The molecule has 0 saturated carbocycles. The first kappa shape index (κ1) is 11.8. The molecule has 0 aliphatic carbocycles. The van der Waals surface area contributed by atoms with Crippen LogP contribution in [0.15, 0.2) is 10.8 Å². The van der Waals surface area contributed by atoms with Crippen molar-refractivity contribution >= 4 is 5.97 Å². The molecule has 0 unspecified atom stereocenters. The van der Waals surface area contributed by atoms with E-state index in [4.69, 9.17) is 5.11 Å². The third-order valence-corrected chi connectivity index (χ3v) is 3.16. The number of aromatic carboxylic acids is 1. The van der Waals surface area contributed by atoms with Crippen LogP contribution in [0.25, 0.3) is 0 Å². The van der Waals surface area contributed by atoms with E-state index in [-0.39, 0.29) is 11.7 Å². The van der Waals surface area contributed by atoms with Crippen molar-refractivity contribution in [1.29, 1.82) is 0 Å². The Balaban J connectivity index is 1.57. The molecule has 1 aliphatic heterocycles. The number of carbonyl (C=O) groups is 1. The van der Waals surface area contributed by atoms with E-state index in [1.165, 1.54) is 6.20 Å². The van der Waals surface area contributed by atoms with E-state index < -0.39 is 5.97 Å². The van der Waals surface area contributed by atoms with Crippen molar-refractivity contribution in [3.8, 4) is 0 Å². The number of nitrogens with zero attached hydrogens (tertiary/aromatic N) is 6. The van der Waals surface area contributed by atoms with Crippen molar-refractivity contribution in [1.82, 2.24) is 30.2 Å². The molecule has 100 valence electrons. The van der Waals surface area contributed by atoms with Crippen LogP contribution in [0.1, 0.15) is 27.9 Å². The largest absolute Gasteiger partial charge is 0.476 e. The maximum Gasteiger partial charge on any atom is 0.358 e. The summed E-state index contributed by atoms with van der Waals surface area (Å²) < 4.78 is 6.23. The molecule has 0 spiro atoms. The van der Waals surface area contributed by atoms with E-state index in [1.54, 1.807) is 4.68 Å². The minimum absolute atomic E-state index is 0.0324. The minimum Gasteiger partial charge on any atom is -0.476 e. The lowest BCUT2D eigenvalue weighted by atomic mass is 10.1. The van der Waals surface area contributed by atoms with E-state index in [0.29, 0.717) is 6.54 Å². The van der Waals surface area contributed by atoms with Gasteiger partial charge in [0.1, 0.15) is 11.4 Å². The quantitative estimate of drug-likeness (QED) is 0.803. The highest BCUT2D eigenvalue weighted by Crippen LogP contribution is 2.22. The van der Waals surface area contributed by atoms with Crippen LogP contribution in [0.5, 0.6) is 0 Å². The van der Waals surface area contributed by atoms with Crippen LogP contribution >= 0.6 is 0 Å². The fourth-order valence-electron chi connectivity index (χ4n) is 2.00. The molecule has 0 radical (unpaired) electrons. The van der Waals surface area contributed by atoms with E-state index >= 15 is 0 Å². The average Bonchev–Trinajstić information content (AvgIpc) is 2.92. The molecular formula is C10H12N6O3. The van der Waals surface area contributed by atoms with Gasteiger partial charge in [0.15, 0.2) is 5.69 Å². The second kappa shape index (κ2) is 4.43. The summed E-state index contributed by atoms with van der Waals surface area (Å²) in [6.45, 7) is 4.06. The number of hydrogen-bond donors (Lipinski definition) is 1. The average molecular weight is 264 g/mol. The fraction of sp³-hybridized carbons (Fsp3) is 0.500. The highest BCUT2D eigenvalue weighted by Gasteiger charge is 2.30. The number of hydrogen-bond acceptors (Lipinski definition) is 7. The lowest BCUT2D eigenvalue weighted by molar-refractivity contribution is 0.0689. The second-order valence-corrected chi connectivity index (χ2v) is 4.53. The van der Waals surface area contributed by atoms with Crippen molar-refractivity contribution in [2.75, 3.05) is 13.1 Å². The normalized spacial score (nSPS) is 16.5. The lowest BCUT2D eigenvalue weighted by Crippen LogP contribution is -2.47. The summed E-state index contributed by atoms with van der Waals surface area (Å²) in [7, 11) is 0. The lowest BCUT2D eigenvalue weighted by Gasteiger charge is -2.38. The van der Waals surface area contributed by atoms with Gasteiger partial charge in [0.25, 0.3) is 0 Å². The SMILES string of the molecule is Cc1nonc1CN1CC(n2cc(C(=O)O)nn2)C1. The number of carboxylic acid groups (broad SMARTS) is 1. The number of likely N-dealkylation sites (tertiary alicyclic amines) is 1. The van der Waals surface area contributed by atoms with Crippen molar-refractivity contribution < 1.29 is 14.5 Å². The molecule has 0 atom stereocenters. The zero-order valence-electron chi connectivity index (χ0n) is 10.2. The van der Waals surface area contributed by atoms with Gasteiger partial charge in [-0.05, 0) is 6.92 Å². The van der Waals surface area contributed by atoms with Crippen LogP contribution in [-0.2, 0) is 6.54 Å². The zero-order chi connectivity index (χ0) is 13.4. The monoisotopic (exact) mass is 264 g/mol. The molecule has 3 rings (SSSR count). The molecule has 0 bridgehead atoms. The molecule has 2 aromatic heterocycles. The standard InChI is InChI=1S/C10H12N6O3/c1-6-8(13-19-12-6)4-15-2-7(3-15)16-5-9(10(17)18)11-14-16/h5,7H,2-4H2,1H3,(H,17,18). The molecule has 9 nitrogen and oxygen atoms in total. The maximum absolute atomic E-state index is 10.7. The van der Waals surface area contributed by atoms with E-state index in [0.717, 1.165) is 24.5 Å². The first-order valence-electron chi connectivity index (χ1n) is 5.79. The molecule has 2 aromatic rings. The van der Waals surface area contributed by atoms with Gasteiger partial charge in [0.05, 0.1) is 12.2 Å². The number of aryl methyl sites for hydroxylation is 1. The molecule has 0 aromatic carbocycles. The number of carboxylic acids is 1. The van der Waals surface area contributed by atoms with Crippen LogP contribution in [0.4, 0.5) is 0 Å². The van der Waals surface area contributed by atoms with Gasteiger partial charge in [-0.15, -0.1) is 5.10 Å². The topological polar surface area (TPSA) is 110 Å². The van der Waals surface area contributed by atoms with Crippen molar-refractivity contribution in [2.45, 2.75) is 19.5 Å². The third-order valence-electron chi connectivity index (χ3n) is 3.16. The Kier molecular flexibility index (Phi) is 2.75. The van der Waals surface area contributed by atoms with Crippen molar-refractivity contribution in [2.24, 2.45) is 0 Å². The molecule has 0 amide bonds. The van der Waals surface area contributed by atoms with E-state index in [9.17, 15) is 4.79 Å². The van der Waals surface area contributed by atoms with Gasteiger partial charge in [-0.3, -0.25) is 4.90 Å². The molecule has 9 heteroatoms. The molecule has 1 fully saturated rings. The fourth-order valence-corrected chi connectivity index (χ4v) is 2.00. The van der Waals surface area contributed by atoms with Crippen LogP contribution in [0.2, 0.25) is 0 Å². The first-order valence-corrected chi connectivity index (χ1v) is 5.79. The van der Waals surface area contributed by atoms with E-state index in [1.807, 2.05) is 6.92 Å². The van der Waals surface area contributed by atoms with Gasteiger partial charge in [-0.1, -0.05) is 15.5 Å². The molecular weight excluding hydrogens is 252 g/mol. The maximum atomic E-state index is 10.7. The summed E-state index contributed by atoms with van der Waals surface area (Å²) >= 11 is 0. The Bertz CT molecular complexity index is 600. The number of rotatable bonds is 4. The van der Waals surface area contributed by atoms with E-state index in [2.05, 4.69) is 30.2 Å². The summed E-state index contributed by atoms with van der Waals surface area (Å²) in [5, 5.41) is 23.7. The highest BCUT2D eigenvalue weighted by molar-refractivity contribution is 5.84. The van der Waals surface area contributed by atoms with Crippen molar-refractivity contribution in [3.05, 3.63) is 23.3 Å². The van der Waals surface area contributed by atoms with Crippen LogP contribution < -0.4 is 0 Å². The Labute approximate surface area is 107 Å². The summed E-state index contributed by atoms with van der Waals surface area (Å²) in [6, 6.07) is 0.153. The molecule has 19 heavy (non-hydrogen) atoms. The summed E-state index contributed by atoms with van der Waals surface area (Å²) in [5.41, 5.74) is 1.58. The first-order chi connectivity index (χ1) is 9.13. The van der Waals surface area contributed by atoms with Gasteiger partial charge >= 0.3 is 5.97 Å². The second-order valence-electron chi connectivity index (χ2n) is 4.53. The highest BCUT2D eigenvalue weighted by atomic mass is 16.6. The summed E-state index contributed by atoms with van der Waals surface area (Å²) in [4.78, 5) is 12.9. The Morgan fingerprint density at radius 2 is 2.32 bits per heavy atom. The van der Waals surface area contributed by atoms with Gasteiger partial charge in [-0.25, -0.2) is 14.1 Å². The molecule has 3 heterocycles. The van der Waals surface area contributed by atoms with Gasteiger partial charge < -0.3 is 5.11 Å².